The Balaban J connectivity index is 2.63. The SMILES string of the molecule is Cn1ncc(C(=O)O)c1-c1cncc(F)c1. The van der Waals surface area contributed by atoms with Gasteiger partial charge in [0, 0.05) is 18.8 Å². The van der Waals surface area contributed by atoms with Crippen molar-refractivity contribution in [1.82, 2.24) is 14.8 Å². The summed E-state index contributed by atoms with van der Waals surface area (Å²) >= 11 is 0. The summed E-state index contributed by atoms with van der Waals surface area (Å²) in [5.41, 5.74) is 0.742. The Morgan fingerprint density at radius 3 is 2.81 bits per heavy atom. The van der Waals surface area contributed by atoms with Gasteiger partial charge >= 0.3 is 5.97 Å². The second-order valence-corrected chi connectivity index (χ2v) is 3.23. The van der Waals surface area contributed by atoms with Gasteiger partial charge in [-0.05, 0) is 6.07 Å². The lowest BCUT2D eigenvalue weighted by molar-refractivity contribution is 0.0697. The number of hydrogen-bond donors (Lipinski definition) is 1. The summed E-state index contributed by atoms with van der Waals surface area (Å²) in [6.45, 7) is 0. The van der Waals surface area contributed by atoms with Crippen LogP contribution in [0.4, 0.5) is 4.39 Å². The fourth-order valence-corrected chi connectivity index (χ4v) is 1.48. The van der Waals surface area contributed by atoms with E-state index in [0.29, 0.717) is 11.3 Å². The number of aromatic nitrogens is 3. The molecular formula is C10H8FN3O2. The number of aromatic carboxylic acids is 1. The van der Waals surface area contributed by atoms with Crippen LogP contribution in [0.25, 0.3) is 11.3 Å². The van der Waals surface area contributed by atoms with Crippen molar-refractivity contribution < 1.29 is 14.3 Å². The average molecular weight is 221 g/mol. The number of carbonyl (C=O) groups is 1. The number of carboxylic acid groups (broad SMARTS) is 1. The molecule has 16 heavy (non-hydrogen) atoms. The molecule has 5 nitrogen and oxygen atoms in total. The van der Waals surface area contributed by atoms with Crippen molar-refractivity contribution in [3.05, 3.63) is 36.0 Å². The minimum absolute atomic E-state index is 0.0231. The van der Waals surface area contributed by atoms with Gasteiger partial charge in [0.25, 0.3) is 0 Å². The van der Waals surface area contributed by atoms with Crippen LogP contribution in [0.3, 0.4) is 0 Å². The lowest BCUT2D eigenvalue weighted by Crippen LogP contribution is -2.01. The lowest BCUT2D eigenvalue weighted by Gasteiger charge is -2.03. The Kier molecular flexibility index (Phi) is 2.40. The maximum Gasteiger partial charge on any atom is 0.339 e. The van der Waals surface area contributed by atoms with E-state index in [1.165, 1.54) is 23.1 Å². The minimum Gasteiger partial charge on any atom is -0.478 e. The molecule has 0 saturated heterocycles. The van der Waals surface area contributed by atoms with Gasteiger partial charge in [-0.15, -0.1) is 0 Å². The molecule has 2 aromatic heterocycles. The van der Waals surface area contributed by atoms with Crippen LogP contribution in [0.15, 0.2) is 24.7 Å². The van der Waals surface area contributed by atoms with E-state index >= 15 is 0 Å². The van der Waals surface area contributed by atoms with E-state index in [4.69, 9.17) is 5.11 Å². The van der Waals surface area contributed by atoms with Crippen LogP contribution in [-0.4, -0.2) is 25.8 Å². The van der Waals surface area contributed by atoms with Crippen molar-refractivity contribution in [2.24, 2.45) is 7.05 Å². The van der Waals surface area contributed by atoms with E-state index in [2.05, 4.69) is 10.1 Å². The van der Waals surface area contributed by atoms with Crippen molar-refractivity contribution in [3.8, 4) is 11.3 Å². The largest absolute Gasteiger partial charge is 0.478 e. The number of carboxylic acids is 1. The molecule has 2 rings (SSSR count). The van der Waals surface area contributed by atoms with Crippen LogP contribution in [0.5, 0.6) is 0 Å². The zero-order chi connectivity index (χ0) is 11.7. The molecule has 0 amide bonds. The summed E-state index contributed by atoms with van der Waals surface area (Å²) in [6.07, 6.45) is 3.68. The smallest absolute Gasteiger partial charge is 0.339 e. The predicted molar refractivity (Wildman–Crippen MR) is 53.4 cm³/mol. The molecule has 0 saturated carbocycles. The zero-order valence-corrected chi connectivity index (χ0v) is 8.38. The molecule has 0 unspecified atom stereocenters. The summed E-state index contributed by atoms with van der Waals surface area (Å²) in [7, 11) is 1.59. The number of hydrogen-bond acceptors (Lipinski definition) is 3. The fourth-order valence-electron chi connectivity index (χ4n) is 1.48. The second kappa shape index (κ2) is 3.73. The monoisotopic (exact) mass is 221 g/mol. The Hall–Kier alpha value is -2.24. The van der Waals surface area contributed by atoms with Gasteiger partial charge in [-0.1, -0.05) is 0 Å². The van der Waals surface area contributed by atoms with Gasteiger partial charge in [0.1, 0.15) is 11.4 Å². The van der Waals surface area contributed by atoms with Crippen molar-refractivity contribution in [2.45, 2.75) is 0 Å². The highest BCUT2D eigenvalue weighted by Gasteiger charge is 2.17. The zero-order valence-electron chi connectivity index (χ0n) is 8.38. The molecule has 0 aromatic carbocycles. The molecule has 2 heterocycles. The maximum absolute atomic E-state index is 13.0. The fraction of sp³-hybridized carbons (Fsp3) is 0.100. The Bertz CT molecular complexity index is 551. The first kappa shape index (κ1) is 10.3. The molecule has 0 aliphatic carbocycles. The quantitative estimate of drug-likeness (QED) is 0.830. The van der Waals surface area contributed by atoms with E-state index in [9.17, 15) is 9.18 Å². The van der Waals surface area contributed by atoms with Gasteiger partial charge in [0.15, 0.2) is 0 Å². The maximum atomic E-state index is 13.0. The molecule has 0 fully saturated rings. The third-order valence-corrected chi connectivity index (χ3v) is 2.15. The van der Waals surface area contributed by atoms with Crippen LogP contribution >= 0.6 is 0 Å². The van der Waals surface area contributed by atoms with Crippen LogP contribution in [-0.2, 0) is 7.05 Å². The molecule has 0 bridgehead atoms. The summed E-state index contributed by atoms with van der Waals surface area (Å²) in [5, 5.41) is 12.8. The Morgan fingerprint density at radius 2 is 2.19 bits per heavy atom. The van der Waals surface area contributed by atoms with E-state index in [1.807, 2.05) is 0 Å². The first-order valence-corrected chi connectivity index (χ1v) is 4.46. The molecule has 1 N–H and O–H groups in total. The van der Waals surface area contributed by atoms with Gasteiger partial charge in [0.2, 0.25) is 0 Å². The summed E-state index contributed by atoms with van der Waals surface area (Å²) in [5.74, 6) is -1.62. The van der Waals surface area contributed by atoms with Crippen LogP contribution in [0, 0.1) is 5.82 Å². The summed E-state index contributed by atoms with van der Waals surface area (Å²) < 4.78 is 14.4. The normalized spacial score (nSPS) is 10.4. The second-order valence-electron chi connectivity index (χ2n) is 3.23. The number of nitrogens with zero attached hydrogens (tertiary/aromatic N) is 3. The average Bonchev–Trinajstić information content (AvgIpc) is 2.60. The first-order chi connectivity index (χ1) is 7.59. The van der Waals surface area contributed by atoms with E-state index in [1.54, 1.807) is 7.05 Å². The van der Waals surface area contributed by atoms with Crippen LogP contribution in [0.1, 0.15) is 10.4 Å². The molecule has 0 atom stereocenters. The van der Waals surface area contributed by atoms with E-state index in [-0.39, 0.29) is 5.56 Å². The molecule has 0 radical (unpaired) electrons. The van der Waals surface area contributed by atoms with Gasteiger partial charge in [-0.2, -0.15) is 5.10 Å². The lowest BCUT2D eigenvalue weighted by atomic mass is 10.1. The highest BCUT2D eigenvalue weighted by molar-refractivity contribution is 5.94. The van der Waals surface area contributed by atoms with Crippen LogP contribution in [0.2, 0.25) is 0 Å². The highest BCUT2D eigenvalue weighted by atomic mass is 19.1. The van der Waals surface area contributed by atoms with E-state index in [0.717, 1.165) is 6.20 Å². The standard InChI is InChI=1S/C10H8FN3O2/c1-14-9(8(5-13-14)10(15)16)6-2-7(11)4-12-3-6/h2-5H,1H3,(H,15,16). The highest BCUT2D eigenvalue weighted by Crippen LogP contribution is 2.22. The summed E-state index contributed by atoms with van der Waals surface area (Å²) in [4.78, 5) is 14.6. The van der Waals surface area contributed by atoms with Crippen molar-refractivity contribution in [1.29, 1.82) is 0 Å². The third-order valence-electron chi connectivity index (χ3n) is 2.15. The molecule has 0 aliphatic heterocycles. The number of pyridine rings is 1. The number of rotatable bonds is 2. The van der Waals surface area contributed by atoms with Crippen molar-refractivity contribution in [3.63, 3.8) is 0 Å². The van der Waals surface area contributed by atoms with E-state index < -0.39 is 11.8 Å². The molecule has 82 valence electrons. The molecular weight excluding hydrogens is 213 g/mol. The molecule has 0 aliphatic rings. The molecule has 0 spiro atoms. The van der Waals surface area contributed by atoms with Crippen LogP contribution < -0.4 is 0 Å². The summed E-state index contributed by atoms with van der Waals surface area (Å²) in [6, 6.07) is 1.22. The first-order valence-electron chi connectivity index (χ1n) is 4.46. The topological polar surface area (TPSA) is 68.0 Å². The Morgan fingerprint density at radius 1 is 1.44 bits per heavy atom. The van der Waals surface area contributed by atoms with Crippen molar-refractivity contribution in [2.75, 3.05) is 0 Å². The molecule has 2 aromatic rings. The Labute approximate surface area is 90.2 Å². The van der Waals surface area contributed by atoms with Gasteiger partial charge in [-0.3, -0.25) is 9.67 Å². The predicted octanol–water partition coefficient (Wildman–Crippen LogP) is 1.32. The molecule has 6 heteroatoms. The van der Waals surface area contributed by atoms with Crippen molar-refractivity contribution >= 4 is 5.97 Å². The van der Waals surface area contributed by atoms with Gasteiger partial charge in [-0.25, -0.2) is 9.18 Å². The number of halogens is 1. The minimum atomic E-state index is -1.10. The number of aryl methyl sites for hydroxylation is 1. The third kappa shape index (κ3) is 1.65. The van der Waals surface area contributed by atoms with Gasteiger partial charge in [0.05, 0.1) is 18.1 Å². The van der Waals surface area contributed by atoms with Gasteiger partial charge < -0.3 is 5.11 Å².